The predicted molar refractivity (Wildman–Crippen MR) is 53.2 cm³/mol. The second-order valence-corrected chi connectivity index (χ2v) is 2.86. The predicted octanol–water partition coefficient (Wildman–Crippen LogP) is 0.0470. The van der Waals surface area contributed by atoms with Crippen LogP contribution in [0.15, 0.2) is 18.2 Å². The highest BCUT2D eigenvalue weighted by molar-refractivity contribution is 5.98. The molecule has 0 aliphatic rings. The minimum absolute atomic E-state index is 0.398. The van der Waals surface area contributed by atoms with Gasteiger partial charge in [-0.3, -0.25) is 20.3 Å². The summed E-state index contributed by atoms with van der Waals surface area (Å²) in [6.07, 6.45) is 0. The van der Waals surface area contributed by atoms with Gasteiger partial charge in [0.15, 0.2) is 0 Å². The number of rotatable bonds is 2. The third-order valence-electron chi connectivity index (χ3n) is 1.70. The quantitative estimate of drug-likeness (QED) is 0.499. The van der Waals surface area contributed by atoms with Crippen molar-refractivity contribution < 1.29 is 18.9 Å². The molecule has 0 aliphatic carbocycles. The van der Waals surface area contributed by atoms with Crippen molar-refractivity contribution in [2.45, 2.75) is 0 Å². The minimum atomic E-state index is -1.04. The van der Waals surface area contributed by atoms with Crippen LogP contribution in [0.4, 0.5) is 14.9 Å². The van der Waals surface area contributed by atoms with E-state index in [9.17, 15) is 24.1 Å². The Bertz CT molecular complexity index is 490. The largest absolute Gasteiger partial charge is 0.350 e. The van der Waals surface area contributed by atoms with Crippen LogP contribution in [0.25, 0.3) is 0 Å². The first-order valence-electron chi connectivity index (χ1n) is 4.21. The summed E-state index contributed by atoms with van der Waals surface area (Å²) >= 11 is 0. The SMILES string of the molecule is NC(=O)NNC(=O)c1ccc(F)cc1[N+](=O)[O-]. The lowest BCUT2D eigenvalue weighted by atomic mass is 10.1. The molecule has 9 heteroatoms. The first-order chi connectivity index (χ1) is 7.91. The van der Waals surface area contributed by atoms with Gasteiger partial charge in [-0.1, -0.05) is 0 Å². The molecule has 1 aromatic rings. The number of nitrogens with two attached hydrogens (primary N) is 1. The number of amides is 3. The number of carbonyl (C=O) groups is 2. The molecule has 8 nitrogen and oxygen atoms in total. The van der Waals surface area contributed by atoms with E-state index in [1.165, 1.54) is 0 Å². The summed E-state index contributed by atoms with van der Waals surface area (Å²) < 4.78 is 12.8. The summed E-state index contributed by atoms with van der Waals surface area (Å²) in [6, 6.07) is 1.36. The molecule has 0 aliphatic heterocycles. The molecule has 0 radical (unpaired) electrons. The van der Waals surface area contributed by atoms with E-state index < -0.39 is 33.9 Å². The Morgan fingerprint density at radius 2 is 2.00 bits per heavy atom. The molecule has 1 rings (SSSR count). The van der Waals surface area contributed by atoms with Crippen LogP contribution < -0.4 is 16.6 Å². The summed E-state index contributed by atoms with van der Waals surface area (Å²) in [7, 11) is 0. The normalized spacial score (nSPS) is 9.47. The fraction of sp³-hybridized carbons (Fsp3) is 0. The highest BCUT2D eigenvalue weighted by Crippen LogP contribution is 2.19. The fourth-order valence-electron chi connectivity index (χ4n) is 1.03. The zero-order valence-corrected chi connectivity index (χ0v) is 8.27. The minimum Gasteiger partial charge on any atom is -0.350 e. The summed E-state index contributed by atoms with van der Waals surface area (Å²) in [5.74, 6) is -1.83. The van der Waals surface area contributed by atoms with Crippen molar-refractivity contribution in [2.24, 2.45) is 5.73 Å². The van der Waals surface area contributed by atoms with Crippen LogP contribution in [0.5, 0.6) is 0 Å². The van der Waals surface area contributed by atoms with Crippen molar-refractivity contribution in [3.63, 3.8) is 0 Å². The average Bonchev–Trinajstić information content (AvgIpc) is 2.25. The number of nitro benzene ring substituents is 1. The zero-order chi connectivity index (χ0) is 13.0. The molecule has 0 heterocycles. The average molecular weight is 242 g/mol. The number of hydrogen-bond acceptors (Lipinski definition) is 4. The molecule has 0 atom stereocenters. The van der Waals surface area contributed by atoms with Crippen LogP contribution in [-0.4, -0.2) is 16.9 Å². The molecule has 17 heavy (non-hydrogen) atoms. The van der Waals surface area contributed by atoms with Crippen LogP contribution >= 0.6 is 0 Å². The van der Waals surface area contributed by atoms with Crippen LogP contribution in [0.3, 0.4) is 0 Å². The smallest absolute Gasteiger partial charge is 0.330 e. The lowest BCUT2D eigenvalue weighted by Gasteiger charge is -2.05. The van der Waals surface area contributed by atoms with Gasteiger partial charge in [0.25, 0.3) is 11.6 Å². The molecule has 0 bridgehead atoms. The molecule has 0 fully saturated rings. The van der Waals surface area contributed by atoms with E-state index in [1.807, 2.05) is 5.43 Å². The Labute approximate surface area is 93.7 Å². The molecule has 1 aromatic carbocycles. The van der Waals surface area contributed by atoms with E-state index in [1.54, 1.807) is 5.43 Å². The van der Waals surface area contributed by atoms with Crippen molar-refractivity contribution in [2.75, 3.05) is 0 Å². The third-order valence-corrected chi connectivity index (χ3v) is 1.70. The van der Waals surface area contributed by atoms with Gasteiger partial charge in [-0.2, -0.15) is 0 Å². The molecule has 90 valence electrons. The summed E-state index contributed by atoms with van der Waals surface area (Å²) in [4.78, 5) is 31.3. The summed E-state index contributed by atoms with van der Waals surface area (Å²) in [5, 5.41) is 10.6. The summed E-state index contributed by atoms with van der Waals surface area (Å²) in [5.41, 5.74) is 7.14. The second-order valence-electron chi connectivity index (χ2n) is 2.86. The number of hydrogen-bond donors (Lipinski definition) is 3. The monoisotopic (exact) mass is 242 g/mol. The van der Waals surface area contributed by atoms with Gasteiger partial charge in [0, 0.05) is 0 Å². The topological polar surface area (TPSA) is 127 Å². The third kappa shape index (κ3) is 3.12. The lowest BCUT2D eigenvalue weighted by molar-refractivity contribution is -0.385. The Hall–Kier alpha value is -2.71. The number of halogens is 1. The van der Waals surface area contributed by atoms with Crippen molar-refractivity contribution in [3.05, 3.63) is 39.7 Å². The number of primary amides is 1. The molecule has 0 aromatic heterocycles. The number of benzene rings is 1. The van der Waals surface area contributed by atoms with E-state index in [2.05, 4.69) is 5.73 Å². The van der Waals surface area contributed by atoms with E-state index >= 15 is 0 Å². The maximum absolute atomic E-state index is 12.8. The number of carbonyl (C=O) groups excluding carboxylic acids is 2. The van der Waals surface area contributed by atoms with Gasteiger partial charge in [-0.05, 0) is 12.1 Å². The second kappa shape index (κ2) is 4.88. The highest BCUT2D eigenvalue weighted by Gasteiger charge is 2.20. The molecule has 3 amide bonds. The van der Waals surface area contributed by atoms with Gasteiger partial charge in [-0.15, -0.1) is 0 Å². The van der Waals surface area contributed by atoms with E-state index in [-0.39, 0.29) is 0 Å². The number of nitrogens with one attached hydrogen (secondary N) is 2. The van der Waals surface area contributed by atoms with Crippen LogP contribution in [0, 0.1) is 15.9 Å². The molecule has 4 N–H and O–H groups in total. The lowest BCUT2D eigenvalue weighted by Crippen LogP contribution is -2.44. The maximum atomic E-state index is 12.8. The van der Waals surface area contributed by atoms with E-state index in [0.29, 0.717) is 6.07 Å². The van der Waals surface area contributed by atoms with Gasteiger partial charge in [0.2, 0.25) is 0 Å². The van der Waals surface area contributed by atoms with Gasteiger partial charge < -0.3 is 5.73 Å². The molecule has 0 spiro atoms. The van der Waals surface area contributed by atoms with Crippen LogP contribution in [-0.2, 0) is 0 Å². The first-order valence-corrected chi connectivity index (χ1v) is 4.21. The highest BCUT2D eigenvalue weighted by atomic mass is 19.1. The Morgan fingerprint density at radius 1 is 1.35 bits per heavy atom. The first kappa shape index (κ1) is 12.4. The van der Waals surface area contributed by atoms with E-state index in [4.69, 9.17) is 0 Å². The molecule has 0 saturated carbocycles. The Morgan fingerprint density at radius 3 is 2.53 bits per heavy atom. The van der Waals surface area contributed by atoms with Gasteiger partial charge in [-0.25, -0.2) is 14.6 Å². The van der Waals surface area contributed by atoms with Crippen molar-refractivity contribution in [1.82, 2.24) is 10.9 Å². The molecular weight excluding hydrogens is 235 g/mol. The van der Waals surface area contributed by atoms with Crippen LogP contribution in [0.2, 0.25) is 0 Å². The maximum Gasteiger partial charge on any atom is 0.330 e. The number of nitro groups is 1. The number of urea groups is 1. The van der Waals surface area contributed by atoms with Gasteiger partial charge >= 0.3 is 6.03 Å². The molecule has 0 unspecified atom stereocenters. The fourth-order valence-corrected chi connectivity index (χ4v) is 1.03. The Kier molecular flexibility index (Phi) is 3.55. The van der Waals surface area contributed by atoms with Crippen molar-refractivity contribution in [1.29, 1.82) is 0 Å². The number of hydrazine groups is 1. The van der Waals surface area contributed by atoms with Crippen molar-refractivity contribution in [3.8, 4) is 0 Å². The molecular formula is C8H7FN4O4. The van der Waals surface area contributed by atoms with Crippen molar-refractivity contribution >= 4 is 17.6 Å². The standard InChI is InChI=1S/C8H7FN4O4/c9-4-1-2-5(6(3-4)13(16)17)7(14)11-12-8(10)15/h1-3H,(H,11,14)(H3,10,12,15). The van der Waals surface area contributed by atoms with E-state index in [0.717, 1.165) is 12.1 Å². The zero-order valence-electron chi connectivity index (χ0n) is 8.27. The Balaban J connectivity index is 3.00. The number of nitrogens with zero attached hydrogens (tertiary/aromatic N) is 1. The molecule has 0 saturated heterocycles. The summed E-state index contributed by atoms with van der Waals surface area (Å²) in [6.45, 7) is 0. The van der Waals surface area contributed by atoms with Gasteiger partial charge in [0.05, 0.1) is 11.0 Å². The van der Waals surface area contributed by atoms with Gasteiger partial charge in [0.1, 0.15) is 11.4 Å². The van der Waals surface area contributed by atoms with Crippen LogP contribution in [0.1, 0.15) is 10.4 Å².